The van der Waals surface area contributed by atoms with Gasteiger partial charge in [0, 0.05) is 30.6 Å². The number of aromatic nitrogens is 1. The van der Waals surface area contributed by atoms with E-state index in [0.717, 1.165) is 33.2 Å². The molecule has 0 fully saturated rings. The Morgan fingerprint density at radius 2 is 1.62 bits per heavy atom. The summed E-state index contributed by atoms with van der Waals surface area (Å²) < 4.78 is 19.3. The summed E-state index contributed by atoms with van der Waals surface area (Å²) in [5, 5.41) is 4.11. The Morgan fingerprint density at radius 3 is 2.25 bits per heavy atom. The molecule has 0 radical (unpaired) electrons. The van der Waals surface area contributed by atoms with E-state index in [2.05, 4.69) is 29.6 Å². The number of halogens is 1. The number of amides is 1. The lowest BCUT2D eigenvalue weighted by Crippen LogP contribution is -2.52. The summed E-state index contributed by atoms with van der Waals surface area (Å²) in [6, 6.07) is 20.6. The van der Waals surface area contributed by atoms with Crippen molar-refractivity contribution < 1.29 is 23.8 Å². The fourth-order valence-corrected chi connectivity index (χ4v) is 5.56. The van der Waals surface area contributed by atoms with Gasteiger partial charge in [-0.2, -0.15) is 0 Å². The van der Waals surface area contributed by atoms with E-state index in [1.54, 1.807) is 33.8 Å². The summed E-state index contributed by atoms with van der Waals surface area (Å²) in [6.07, 6.45) is 0.392. The summed E-state index contributed by atoms with van der Waals surface area (Å²) >= 11 is 6.50. The number of hydrogen-bond acceptors (Lipinski definition) is 5. The minimum absolute atomic E-state index is 0.105. The Morgan fingerprint density at radius 1 is 1.00 bits per heavy atom. The predicted molar refractivity (Wildman–Crippen MR) is 156 cm³/mol. The molecule has 1 aromatic heterocycles. The van der Waals surface area contributed by atoms with Crippen LogP contribution in [0.4, 0.5) is 4.79 Å². The fraction of sp³-hybridized carbons (Fsp3) is 0.312. The van der Waals surface area contributed by atoms with Crippen LogP contribution in [0, 0.1) is 0 Å². The highest BCUT2D eigenvalue weighted by molar-refractivity contribution is 6.35. The van der Waals surface area contributed by atoms with Gasteiger partial charge in [-0.15, -0.1) is 0 Å². The van der Waals surface area contributed by atoms with Crippen molar-refractivity contribution in [1.82, 2.24) is 9.88 Å². The van der Waals surface area contributed by atoms with E-state index in [1.165, 1.54) is 0 Å². The third-order valence-corrected chi connectivity index (χ3v) is 7.25. The Kier molecular flexibility index (Phi) is 7.51. The molecule has 40 heavy (non-hydrogen) atoms. The number of carbonyl (C=O) groups is 2. The van der Waals surface area contributed by atoms with Gasteiger partial charge in [-0.3, -0.25) is 0 Å². The minimum atomic E-state index is -1.12. The molecule has 1 N–H and O–H groups in total. The molecule has 0 spiro atoms. The molecule has 0 bridgehead atoms. The number of rotatable bonds is 7. The first-order valence-electron chi connectivity index (χ1n) is 13.3. The normalized spacial score (nSPS) is 14.2. The molecule has 1 aliphatic rings. The van der Waals surface area contributed by atoms with Crippen molar-refractivity contribution in [2.45, 2.75) is 51.4 Å². The molecule has 0 saturated carbocycles. The molecule has 2 atom stereocenters. The van der Waals surface area contributed by atoms with Gasteiger partial charge in [-0.1, -0.05) is 60.1 Å². The maximum absolute atomic E-state index is 13.2. The van der Waals surface area contributed by atoms with Crippen molar-refractivity contribution in [2.75, 3.05) is 6.61 Å². The molecule has 2 unspecified atom stereocenters. The third kappa shape index (κ3) is 5.65. The zero-order valence-electron chi connectivity index (χ0n) is 23.2. The van der Waals surface area contributed by atoms with E-state index in [4.69, 9.17) is 25.8 Å². The molecule has 7 nitrogen and oxygen atoms in total. The van der Waals surface area contributed by atoms with Gasteiger partial charge >= 0.3 is 12.1 Å². The fourth-order valence-electron chi connectivity index (χ4n) is 5.21. The van der Waals surface area contributed by atoms with E-state index in [-0.39, 0.29) is 12.5 Å². The van der Waals surface area contributed by atoms with Crippen molar-refractivity contribution in [3.8, 4) is 16.9 Å². The average Bonchev–Trinajstić information content (AvgIpc) is 3.42. The van der Waals surface area contributed by atoms with E-state index in [1.807, 2.05) is 54.2 Å². The third-order valence-electron chi connectivity index (χ3n) is 6.97. The molecule has 0 saturated heterocycles. The molecule has 1 aliphatic carbocycles. The number of ether oxygens (including phenoxy) is 3. The molecule has 208 valence electrons. The van der Waals surface area contributed by atoms with E-state index in [0.29, 0.717) is 10.8 Å². The largest absolute Gasteiger partial charge is 0.488 e. The zero-order valence-corrected chi connectivity index (χ0v) is 24.0. The molecule has 3 aromatic carbocycles. The number of fused-ring (bicyclic) bond motifs is 4. The van der Waals surface area contributed by atoms with E-state index in [9.17, 15) is 9.59 Å². The molecular formula is C32H33ClN2O5. The van der Waals surface area contributed by atoms with Gasteiger partial charge in [-0.05, 0) is 62.1 Å². The number of nitrogens with one attached hydrogen (secondary N) is 1. The summed E-state index contributed by atoms with van der Waals surface area (Å²) in [6.45, 7) is 7.12. The maximum atomic E-state index is 13.2. The van der Waals surface area contributed by atoms with Crippen LogP contribution in [0.25, 0.3) is 22.0 Å². The molecule has 4 aromatic rings. The van der Waals surface area contributed by atoms with Crippen LogP contribution < -0.4 is 10.1 Å². The first-order valence-corrected chi connectivity index (χ1v) is 13.7. The molecular weight excluding hydrogens is 528 g/mol. The number of benzene rings is 3. The van der Waals surface area contributed by atoms with Gasteiger partial charge in [0.15, 0.2) is 6.04 Å². The monoisotopic (exact) mass is 560 g/mol. The van der Waals surface area contributed by atoms with Gasteiger partial charge in [0.25, 0.3) is 0 Å². The highest BCUT2D eigenvalue weighted by Crippen LogP contribution is 2.44. The standard InChI is InChI=1S/C32H33ClN2O5/c1-19(39-21-16-20-14-15-35(5)29(20)27(33)17-21)28(30(36)40-32(2,3)4)34-31(37)38-18-26-24-12-8-6-10-22(24)23-11-7-9-13-25(23)26/h6-17,19,26,28H,18H2,1-5H3,(H,34,37). The Balaban J connectivity index is 1.32. The van der Waals surface area contributed by atoms with Crippen LogP contribution in [-0.2, 0) is 21.3 Å². The number of carbonyl (C=O) groups excluding carboxylic acids is 2. The van der Waals surface area contributed by atoms with Gasteiger partial charge < -0.3 is 24.1 Å². The van der Waals surface area contributed by atoms with Crippen LogP contribution in [-0.4, -0.2) is 41.0 Å². The SMILES string of the molecule is CC(Oc1cc(Cl)c2c(ccn2C)c1)C(NC(=O)OCC1c2ccccc2-c2ccccc21)C(=O)OC(C)(C)C. The van der Waals surface area contributed by atoms with Crippen LogP contribution in [0.2, 0.25) is 5.02 Å². The second-order valence-electron chi connectivity index (χ2n) is 11.1. The van der Waals surface area contributed by atoms with Crippen molar-refractivity contribution in [1.29, 1.82) is 0 Å². The second kappa shape index (κ2) is 10.9. The molecule has 1 heterocycles. The molecule has 5 rings (SSSR count). The van der Waals surface area contributed by atoms with Crippen molar-refractivity contribution in [2.24, 2.45) is 7.05 Å². The summed E-state index contributed by atoms with van der Waals surface area (Å²) in [7, 11) is 1.91. The summed E-state index contributed by atoms with van der Waals surface area (Å²) in [4.78, 5) is 26.3. The lowest BCUT2D eigenvalue weighted by atomic mass is 9.98. The number of aryl methyl sites for hydroxylation is 1. The first-order chi connectivity index (χ1) is 19.0. The van der Waals surface area contributed by atoms with Crippen LogP contribution >= 0.6 is 11.6 Å². The van der Waals surface area contributed by atoms with Gasteiger partial charge in [0.05, 0.1) is 10.5 Å². The Hall–Kier alpha value is -3.97. The van der Waals surface area contributed by atoms with E-state index >= 15 is 0 Å². The lowest BCUT2D eigenvalue weighted by molar-refractivity contribution is -0.159. The van der Waals surface area contributed by atoms with Crippen molar-refractivity contribution in [3.05, 3.63) is 89.1 Å². The van der Waals surface area contributed by atoms with Crippen LogP contribution in [0.5, 0.6) is 5.75 Å². The highest BCUT2D eigenvalue weighted by atomic mass is 35.5. The van der Waals surface area contributed by atoms with Crippen LogP contribution in [0.3, 0.4) is 0 Å². The molecule has 0 aliphatic heterocycles. The van der Waals surface area contributed by atoms with E-state index < -0.39 is 29.8 Å². The Labute approximate surface area is 239 Å². The van der Waals surface area contributed by atoms with Gasteiger partial charge in [0.1, 0.15) is 24.1 Å². The Bertz CT molecular complexity index is 1530. The predicted octanol–water partition coefficient (Wildman–Crippen LogP) is 6.85. The maximum Gasteiger partial charge on any atom is 0.407 e. The average molecular weight is 561 g/mol. The van der Waals surface area contributed by atoms with Gasteiger partial charge in [-0.25, -0.2) is 9.59 Å². The first kappa shape index (κ1) is 27.6. The molecule has 8 heteroatoms. The topological polar surface area (TPSA) is 78.8 Å². The highest BCUT2D eigenvalue weighted by Gasteiger charge is 2.34. The second-order valence-corrected chi connectivity index (χ2v) is 11.5. The number of esters is 1. The van der Waals surface area contributed by atoms with Crippen molar-refractivity contribution in [3.63, 3.8) is 0 Å². The summed E-state index contributed by atoms with van der Waals surface area (Å²) in [5.74, 6) is -0.258. The van der Waals surface area contributed by atoms with Gasteiger partial charge in [0.2, 0.25) is 0 Å². The van der Waals surface area contributed by atoms with Crippen molar-refractivity contribution >= 4 is 34.6 Å². The van der Waals surface area contributed by atoms with Crippen LogP contribution in [0.1, 0.15) is 44.7 Å². The molecule has 1 amide bonds. The number of alkyl carbamates (subject to hydrolysis) is 1. The van der Waals surface area contributed by atoms with Crippen LogP contribution in [0.15, 0.2) is 72.9 Å². The summed E-state index contributed by atoms with van der Waals surface area (Å²) in [5.41, 5.74) is 4.59. The lowest BCUT2D eigenvalue weighted by Gasteiger charge is -2.28. The zero-order chi connectivity index (χ0) is 28.6. The number of nitrogens with zero attached hydrogens (tertiary/aromatic N) is 1. The quantitative estimate of drug-likeness (QED) is 0.250. The minimum Gasteiger partial charge on any atom is -0.488 e. The number of hydrogen-bond donors (Lipinski definition) is 1. The smallest absolute Gasteiger partial charge is 0.407 e.